The molecule has 3 atom stereocenters. The maximum Gasteiger partial charge on any atom is 0.119 e. The molecule has 0 aromatic heterocycles. The Bertz CT molecular complexity index is 431. The van der Waals surface area contributed by atoms with Crippen molar-refractivity contribution in [1.82, 2.24) is 5.32 Å². The van der Waals surface area contributed by atoms with Crippen LogP contribution < -0.4 is 10.1 Å². The largest absolute Gasteiger partial charge is 0.497 e. The van der Waals surface area contributed by atoms with Crippen LogP contribution in [0.4, 0.5) is 0 Å². The van der Waals surface area contributed by atoms with E-state index in [1.165, 1.54) is 5.56 Å². The van der Waals surface area contributed by atoms with Gasteiger partial charge in [0.2, 0.25) is 0 Å². The Morgan fingerprint density at radius 2 is 2.05 bits per heavy atom. The van der Waals surface area contributed by atoms with Crippen LogP contribution >= 0.6 is 0 Å². The monoisotopic (exact) mass is 263 g/mol. The van der Waals surface area contributed by atoms with Crippen molar-refractivity contribution in [3.63, 3.8) is 0 Å². The van der Waals surface area contributed by atoms with Crippen molar-refractivity contribution in [1.29, 1.82) is 0 Å². The number of ether oxygens (including phenoxy) is 2. The molecule has 1 aromatic rings. The van der Waals surface area contributed by atoms with E-state index < -0.39 is 0 Å². The van der Waals surface area contributed by atoms with E-state index in [-0.39, 0.29) is 5.41 Å². The first kappa shape index (κ1) is 14.4. The van der Waals surface area contributed by atoms with Crippen LogP contribution in [0.2, 0.25) is 0 Å². The predicted molar refractivity (Wildman–Crippen MR) is 77.5 cm³/mol. The van der Waals surface area contributed by atoms with Gasteiger partial charge in [-0.1, -0.05) is 26.0 Å². The lowest BCUT2D eigenvalue weighted by atomic mass is 9.64. The third-order valence-electron chi connectivity index (χ3n) is 4.51. The Kier molecular flexibility index (Phi) is 4.16. The Morgan fingerprint density at radius 3 is 2.63 bits per heavy atom. The average molecular weight is 263 g/mol. The minimum Gasteiger partial charge on any atom is -0.497 e. The summed E-state index contributed by atoms with van der Waals surface area (Å²) in [4.78, 5) is 0. The normalized spacial score (nSPS) is 26.6. The highest BCUT2D eigenvalue weighted by Gasteiger charge is 2.48. The maximum absolute atomic E-state index is 5.50. The van der Waals surface area contributed by atoms with Gasteiger partial charge in [-0.3, -0.25) is 0 Å². The van der Waals surface area contributed by atoms with Crippen molar-refractivity contribution >= 4 is 0 Å². The summed E-state index contributed by atoms with van der Waals surface area (Å²) in [6, 6.07) is 9.06. The molecule has 1 saturated carbocycles. The second kappa shape index (κ2) is 5.51. The number of nitrogens with one attached hydrogen (secondary N) is 1. The molecule has 3 nitrogen and oxygen atoms in total. The lowest BCUT2D eigenvalue weighted by Crippen LogP contribution is -2.60. The third-order valence-corrected chi connectivity index (χ3v) is 4.51. The first-order valence-electron chi connectivity index (χ1n) is 6.91. The fourth-order valence-corrected chi connectivity index (χ4v) is 2.88. The lowest BCUT2D eigenvalue weighted by Gasteiger charge is -2.52. The Balaban J connectivity index is 2.00. The molecule has 2 rings (SSSR count). The standard InChI is InChI=1S/C16H25NO2/c1-11(12-7-6-8-13(9-12)18-4)17-14-10-15(19-5)16(14,2)3/h6-9,11,14-15,17H,10H2,1-5H3. The number of benzene rings is 1. The fraction of sp³-hybridized carbons (Fsp3) is 0.625. The summed E-state index contributed by atoms with van der Waals surface area (Å²) in [5, 5.41) is 3.70. The minimum absolute atomic E-state index is 0.196. The van der Waals surface area contributed by atoms with Crippen LogP contribution in [0.5, 0.6) is 5.75 Å². The average Bonchev–Trinajstić information content (AvgIpc) is 2.42. The molecule has 1 N–H and O–H groups in total. The molecule has 1 fully saturated rings. The minimum atomic E-state index is 0.196. The molecule has 0 heterocycles. The first-order chi connectivity index (χ1) is 8.98. The Labute approximate surface area is 116 Å². The van der Waals surface area contributed by atoms with Gasteiger partial charge in [0.25, 0.3) is 0 Å². The van der Waals surface area contributed by atoms with E-state index in [0.717, 1.165) is 12.2 Å². The molecule has 0 aliphatic heterocycles. The first-order valence-corrected chi connectivity index (χ1v) is 6.91. The summed E-state index contributed by atoms with van der Waals surface area (Å²) >= 11 is 0. The van der Waals surface area contributed by atoms with E-state index >= 15 is 0 Å². The molecule has 19 heavy (non-hydrogen) atoms. The van der Waals surface area contributed by atoms with Gasteiger partial charge < -0.3 is 14.8 Å². The van der Waals surface area contributed by atoms with E-state index in [4.69, 9.17) is 9.47 Å². The smallest absolute Gasteiger partial charge is 0.119 e. The summed E-state index contributed by atoms with van der Waals surface area (Å²) in [6.45, 7) is 6.73. The van der Waals surface area contributed by atoms with Gasteiger partial charge in [0.1, 0.15) is 5.75 Å². The van der Waals surface area contributed by atoms with E-state index in [1.807, 2.05) is 12.1 Å². The van der Waals surface area contributed by atoms with Gasteiger partial charge in [0.05, 0.1) is 13.2 Å². The van der Waals surface area contributed by atoms with Crippen molar-refractivity contribution in [2.45, 2.75) is 45.4 Å². The Hall–Kier alpha value is -1.06. The highest BCUT2D eigenvalue weighted by Crippen LogP contribution is 2.43. The quantitative estimate of drug-likeness (QED) is 0.885. The highest BCUT2D eigenvalue weighted by atomic mass is 16.5. The van der Waals surface area contributed by atoms with Gasteiger partial charge in [-0.15, -0.1) is 0 Å². The third kappa shape index (κ3) is 2.77. The molecule has 3 heteroatoms. The van der Waals surface area contributed by atoms with Crippen molar-refractivity contribution in [2.75, 3.05) is 14.2 Å². The van der Waals surface area contributed by atoms with Gasteiger partial charge in [-0.25, -0.2) is 0 Å². The zero-order valence-electron chi connectivity index (χ0n) is 12.6. The molecular formula is C16H25NO2. The van der Waals surface area contributed by atoms with E-state index in [0.29, 0.717) is 18.2 Å². The fourth-order valence-electron chi connectivity index (χ4n) is 2.88. The summed E-state index contributed by atoms with van der Waals surface area (Å²) in [6.07, 6.45) is 1.44. The van der Waals surface area contributed by atoms with Crippen LogP contribution in [-0.4, -0.2) is 26.4 Å². The topological polar surface area (TPSA) is 30.5 Å². The van der Waals surface area contributed by atoms with E-state index in [1.54, 1.807) is 14.2 Å². The second-order valence-corrected chi connectivity index (χ2v) is 6.00. The van der Waals surface area contributed by atoms with Crippen molar-refractivity contribution < 1.29 is 9.47 Å². The van der Waals surface area contributed by atoms with Crippen LogP contribution in [0.25, 0.3) is 0 Å². The summed E-state index contributed by atoms with van der Waals surface area (Å²) < 4.78 is 10.8. The molecule has 0 bridgehead atoms. The molecule has 1 aromatic carbocycles. The zero-order chi connectivity index (χ0) is 14.0. The second-order valence-electron chi connectivity index (χ2n) is 6.00. The summed E-state index contributed by atoms with van der Waals surface area (Å²) in [5.74, 6) is 0.911. The van der Waals surface area contributed by atoms with Crippen LogP contribution in [0, 0.1) is 5.41 Å². The van der Waals surface area contributed by atoms with Crippen LogP contribution in [0.1, 0.15) is 38.8 Å². The lowest BCUT2D eigenvalue weighted by molar-refractivity contribution is -0.0999. The number of hydrogen-bond donors (Lipinski definition) is 1. The van der Waals surface area contributed by atoms with E-state index in [2.05, 4.69) is 38.2 Å². The van der Waals surface area contributed by atoms with Gasteiger partial charge in [0, 0.05) is 24.6 Å². The molecule has 0 spiro atoms. The Morgan fingerprint density at radius 1 is 1.32 bits per heavy atom. The number of rotatable bonds is 5. The zero-order valence-corrected chi connectivity index (χ0v) is 12.6. The van der Waals surface area contributed by atoms with Crippen LogP contribution in [0.3, 0.4) is 0 Å². The number of methoxy groups -OCH3 is 2. The van der Waals surface area contributed by atoms with Gasteiger partial charge >= 0.3 is 0 Å². The molecule has 0 saturated heterocycles. The van der Waals surface area contributed by atoms with Gasteiger partial charge in [-0.2, -0.15) is 0 Å². The van der Waals surface area contributed by atoms with Crippen molar-refractivity contribution in [3.8, 4) is 5.75 Å². The molecule has 1 aliphatic rings. The summed E-state index contributed by atoms with van der Waals surface area (Å²) in [5.41, 5.74) is 1.46. The molecule has 1 aliphatic carbocycles. The van der Waals surface area contributed by atoms with Crippen molar-refractivity contribution in [2.24, 2.45) is 5.41 Å². The van der Waals surface area contributed by atoms with Crippen LogP contribution in [-0.2, 0) is 4.74 Å². The van der Waals surface area contributed by atoms with Gasteiger partial charge in [-0.05, 0) is 31.0 Å². The van der Waals surface area contributed by atoms with Crippen molar-refractivity contribution in [3.05, 3.63) is 29.8 Å². The molecule has 0 amide bonds. The predicted octanol–water partition coefficient (Wildman–Crippen LogP) is 3.16. The van der Waals surface area contributed by atoms with Gasteiger partial charge in [0.15, 0.2) is 0 Å². The molecular weight excluding hydrogens is 238 g/mol. The SMILES string of the molecule is COc1cccc(C(C)NC2CC(OC)C2(C)C)c1. The highest BCUT2D eigenvalue weighted by molar-refractivity contribution is 5.30. The maximum atomic E-state index is 5.50. The molecule has 106 valence electrons. The number of hydrogen-bond acceptors (Lipinski definition) is 3. The summed E-state index contributed by atoms with van der Waals surface area (Å²) in [7, 11) is 3.50. The van der Waals surface area contributed by atoms with E-state index in [9.17, 15) is 0 Å². The van der Waals surface area contributed by atoms with Crippen LogP contribution in [0.15, 0.2) is 24.3 Å². The molecule has 3 unspecified atom stereocenters. The molecule has 0 radical (unpaired) electrons.